The standard InChI is InChI=1S/C11H21N3O/c1-14-7-3-9(8-14)2-6-13-10(15)11(12)4-5-11/h9H,2-8,12H2,1H3,(H,13,15). The Hall–Kier alpha value is -0.610. The number of amides is 1. The van der Waals surface area contributed by atoms with Crippen LogP contribution in [0.4, 0.5) is 0 Å². The van der Waals surface area contributed by atoms with Crippen LogP contribution < -0.4 is 11.1 Å². The fraction of sp³-hybridized carbons (Fsp3) is 0.909. The topological polar surface area (TPSA) is 58.4 Å². The van der Waals surface area contributed by atoms with Crippen molar-refractivity contribution in [1.82, 2.24) is 10.2 Å². The summed E-state index contributed by atoms with van der Waals surface area (Å²) in [7, 11) is 2.15. The minimum atomic E-state index is -0.507. The monoisotopic (exact) mass is 211 g/mol. The maximum atomic E-state index is 11.5. The van der Waals surface area contributed by atoms with Gasteiger partial charge in [0.1, 0.15) is 0 Å². The third kappa shape index (κ3) is 2.69. The van der Waals surface area contributed by atoms with E-state index in [1.54, 1.807) is 0 Å². The van der Waals surface area contributed by atoms with Crippen molar-refractivity contribution in [3.63, 3.8) is 0 Å². The Morgan fingerprint density at radius 2 is 2.33 bits per heavy atom. The van der Waals surface area contributed by atoms with Gasteiger partial charge in [0, 0.05) is 13.1 Å². The summed E-state index contributed by atoms with van der Waals surface area (Å²) in [5.41, 5.74) is 5.28. The van der Waals surface area contributed by atoms with E-state index in [0.717, 1.165) is 31.7 Å². The molecule has 1 saturated carbocycles. The van der Waals surface area contributed by atoms with E-state index in [1.165, 1.54) is 19.5 Å². The first-order valence-corrected chi connectivity index (χ1v) is 5.86. The molecule has 1 aliphatic heterocycles. The Balaban J connectivity index is 1.61. The van der Waals surface area contributed by atoms with E-state index < -0.39 is 5.54 Å². The van der Waals surface area contributed by atoms with Gasteiger partial charge < -0.3 is 16.0 Å². The van der Waals surface area contributed by atoms with Crippen LogP contribution in [0.5, 0.6) is 0 Å². The summed E-state index contributed by atoms with van der Waals surface area (Å²) < 4.78 is 0. The molecule has 2 rings (SSSR count). The molecule has 0 aromatic carbocycles. The van der Waals surface area contributed by atoms with Gasteiger partial charge >= 0.3 is 0 Å². The highest BCUT2D eigenvalue weighted by Crippen LogP contribution is 2.32. The Bertz CT molecular complexity index is 250. The predicted octanol–water partition coefficient (Wildman–Crippen LogP) is -0.0643. The summed E-state index contributed by atoms with van der Waals surface area (Å²) in [6.07, 6.45) is 4.06. The lowest BCUT2D eigenvalue weighted by Crippen LogP contribution is -2.43. The van der Waals surface area contributed by atoms with Gasteiger partial charge in [-0.05, 0) is 45.2 Å². The number of nitrogens with zero attached hydrogens (tertiary/aromatic N) is 1. The number of hydrogen-bond acceptors (Lipinski definition) is 3. The molecular weight excluding hydrogens is 190 g/mol. The van der Waals surface area contributed by atoms with Crippen LogP contribution in [0.1, 0.15) is 25.7 Å². The summed E-state index contributed by atoms with van der Waals surface area (Å²) in [6.45, 7) is 3.15. The summed E-state index contributed by atoms with van der Waals surface area (Å²) in [5.74, 6) is 0.803. The number of carbonyl (C=O) groups is 1. The molecule has 2 aliphatic rings. The van der Waals surface area contributed by atoms with Crippen molar-refractivity contribution in [3.05, 3.63) is 0 Å². The van der Waals surface area contributed by atoms with Crippen LogP contribution in [0.3, 0.4) is 0 Å². The highest BCUT2D eigenvalue weighted by molar-refractivity contribution is 5.88. The quantitative estimate of drug-likeness (QED) is 0.684. The molecule has 4 nitrogen and oxygen atoms in total. The maximum absolute atomic E-state index is 11.5. The van der Waals surface area contributed by atoms with Crippen molar-refractivity contribution in [2.45, 2.75) is 31.2 Å². The van der Waals surface area contributed by atoms with E-state index in [4.69, 9.17) is 5.73 Å². The Morgan fingerprint density at radius 1 is 1.60 bits per heavy atom. The third-order valence-electron chi connectivity index (χ3n) is 3.57. The molecule has 1 unspecified atom stereocenters. The molecular formula is C11H21N3O. The first kappa shape index (κ1) is 10.9. The molecule has 1 atom stereocenters. The predicted molar refractivity (Wildman–Crippen MR) is 59.4 cm³/mol. The first-order chi connectivity index (χ1) is 7.10. The third-order valence-corrected chi connectivity index (χ3v) is 3.57. The van der Waals surface area contributed by atoms with Crippen LogP contribution in [-0.2, 0) is 4.79 Å². The van der Waals surface area contributed by atoms with Crippen molar-refractivity contribution in [3.8, 4) is 0 Å². The van der Waals surface area contributed by atoms with Crippen LogP contribution in [-0.4, -0.2) is 43.0 Å². The van der Waals surface area contributed by atoms with E-state index in [-0.39, 0.29) is 5.91 Å². The molecule has 0 radical (unpaired) electrons. The molecule has 0 aromatic heterocycles. The number of hydrogen-bond donors (Lipinski definition) is 2. The lowest BCUT2D eigenvalue weighted by Gasteiger charge is -2.13. The first-order valence-electron chi connectivity index (χ1n) is 5.86. The zero-order valence-corrected chi connectivity index (χ0v) is 9.46. The van der Waals surface area contributed by atoms with Gasteiger partial charge in [-0.2, -0.15) is 0 Å². The lowest BCUT2D eigenvalue weighted by atomic mass is 10.1. The largest absolute Gasteiger partial charge is 0.354 e. The molecule has 1 amide bonds. The van der Waals surface area contributed by atoms with Gasteiger partial charge in [0.05, 0.1) is 5.54 Å². The Kier molecular flexibility index (Phi) is 2.98. The number of nitrogens with one attached hydrogen (secondary N) is 1. The average molecular weight is 211 g/mol. The smallest absolute Gasteiger partial charge is 0.240 e. The minimum absolute atomic E-state index is 0.0499. The molecule has 1 saturated heterocycles. The Morgan fingerprint density at radius 3 is 2.87 bits per heavy atom. The molecule has 86 valence electrons. The van der Waals surface area contributed by atoms with E-state index >= 15 is 0 Å². The molecule has 0 aromatic rings. The second-order valence-electron chi connectivity index (χ2n) is 5.12. The number of likely N-dealkylation sites (tertiary alicyclic amines) is 1. The van der Waals surface area contributed by atoms with Crippen LogP contribution in [0.2, 0.25) is 0 Å². The average Bonchev–Trinajstić information content (AvgIpc) is 2.81. The van der Waals surface area contributed by atoms with Crippen molar-refractivity contribution in [2.75, 3.05) is 26.7 Å². The van der Waals surface area contributed by atoms with E-state index in [2.05, 4.69) is 17.3 Å². The van der Waals surface area contributed by atoms with Gasteiger partial charge in [-0.15, -0.1) is 0 Å². The van der Waals surface area contributed by atoms with E-state index in [0.29, 0.717) is 0 Å². The molecule has 0 bridgehead atoms. The fourth-order valence-electron chi connectivity index (χ4n) is 2.19. The maximum Gasteiger partial charge on any atom is 0.240 e. The van der Waals surface area contributed by atoms with E-state index in [1.807, 2.05) is 0 Å². The Labute approximate surface area is 91.2 Å². The van der Waals surface area contributed by atoms with Gasteiger partial charge in [0.15, 0.2) is 0 Å². The lowest BCUT2D eigenvalue weighted by molar-refractivity contribution is -0.123. The molecule has 0 spiro atoms. The molecule has 15 heavy (non-hydrogen) atoms. The van der Waals surface area contributed by atoms with Gasteiger partial charge in [0.2, 0.25) is 5.91 Å². The van der Waals surface area contributed by atoms with Crippen molar-refractivity contribution < 1.29 is 4.79 Å². The van der Waals surface area contributed by atoms with Crippen LogP contribution in [0.25, 0.3) is 0 Å². The van der Waals surface area contributed by atoms with Gasteiger partial charge in [-0.1, -0.05) is 0 Å². The molecule has 1 aliphatic carbocycles. The van der Waals surface area contributed by atoms with Crippen LogP contribution in [0, 0.1) is 5.92 Å². The zero-order chi connectivity index (χ0) is 10.9. The van der Waals surface area contributed by atoms with Gasteiger partial charge in [0.25, 0.3) is 0 Å². The minimum Gasteiger partial charge on any atom is -0.354 e. The highest BCUT2D eigenvalue weighted by atomic mass is 16.2. The highest BCUT2D eigenvalue weighted by Gasteiger charge is 2.45. The number of carbonyl (C=O) groups excluding carboxylic acids is 1. The summed E-state index contributed by atoms with van der Waals surface area (Å²) in [4.78, 5) is 13.9. The molecule has 1 heterocycles. The van der Waals surface area contributed by atoms with Crippen LogP contribution >= 0.6 is 0 Å². The second kappa shape index (κ2) is 4.10. The van der Waals surface area contributed by atoms with E-state index in [9.17, 15) is 4.79 Å². The van der Waals surface area contributed by atoms with Crippen molar-refractivity contribution >= 4 is 5.91 Å². The normalized spacial score (nSPS) is 29.1. The summed E-state index contributed by atoms with van der Waals surface area (Å²) >= 11 is 0. The fourth-order valence-corrected chi connectivity index (χ4v) is 2.19. The number of rotatable bonds is 4. The SMILES string of the molecule is CN1CCC(CCNC(=O)C2(N)CC2)C1. The molecule has 3 N–H and O–H groups in total. The number of nitrogens with two attached hydrogens (primary N) is 1. The van der Waals surface area contributed by atoms with Gasteiger partial charge in [-0.25, -0.2) is 0 Å². The van der Waals surface area contributed by atoms with Gasteiger partial charge in [-0.3, -0.25) is 4.79 Å². The van der Waals surface area contributed by atoms with Crippen LogP contribution in [0.15, 0.2) is 0 Å². The molecule has 2 fully saturated rings. The zero-order valence-electron chi connectivity index (χ0n) is 9.46. The van der Waals surface area contributed by atoms with Crippen molar-refractivity contribution in [2.24, 2.45) is 11.7 Å². The van der Waals surface area contributed by atoms with Crippen molar-refractivity contribution in [1.29, 1.82) is 0 Å². The summed E-state index contributed by atoms with van der Waals surface area (Å²) in [5, 5.41) is 2.94. The molecule has 4 heteroatoms. The second-order valence-corrected chi connectivity index (χ2v) is 5.12. The summed E-state index contributed by atoms with van der Waals surface area (Å²) in [6, 6.07) is 0.